The van der Waals surface area contributed by atoms with Gasteiger partial charge in [0.15, 0.2) is 11.4 Å². The van der Waals surface area contributed by atoms with E-state index in [-0.39, 0.29) is 18.1 Å². The molecule has 2 rings (SSSR count). The molecule has 1 heterocycles. The monoisotopic (exact) mass is 347 g/mol. The average molecular weight is 347 g/mol. The number of pyridine rings is 1. The second-order valence-electron chi connectivity index (χ2n) is 5.52. The summed E-state index contributed by atoms with van der Waals surface area (Å²) in [6, 6.07) is 5.78. The first-order valence-electron chi connectivity index (χ1n) is 8.14. The maximum atomic E-state index is 12.9. The van der Waals surface area contributed by atoms with Crippen LogP contribution >= 0.6 is 0 Å². The molecule has 0 aliphatic carbocycles. The summed E-state index contributed by atoms with van der Waals surface area (Å²) in [5.74, 6) is 0.103. The topological polar surface area (TPSA) is 57.7 Å². The quantitative estimate of drug-likeness (QED) is 0.532. The van der Waals surface area contributed by atoms with E-state index in [1.807, 2.05) is 6.92 Å². The standard InChI is InChI=1S/C19H22FNO4/c1-4-5-10-24-18-13(2)14(11-21-17(18)19(22)23-3)12-25-16-8-6-15(20)7-9-16/h6-9,11H,4-5,10,12H2,1-3H3. The summed E-state index contributed by atoms with van der Waals surface area (Å²) in [5.41, 5.74) is 1.71. The first kappa shape index (κ1) is 18.7. The van der Waals surface area contributed by atoms with E-state index in [4.69, 9.17) is 14.2 Å². The van der Waals surface area contributed by atoms with Gasteiger partial charge < -0.3 is 14.2 Å². The molecule has 1 aromatic heterocycles. The molecule has 0 amide bonds. The van der Waals surface area contributed by atoms with Crippen LogP contribution in [0.5, 0.6) is 11.5 Å². The van der Waals surface area contributed by atoms with Crippen molar-refractivity contribution in [2.24, 2.45) is 0 Å². The normalized spacial score (nSPS) is 10.4. The molecule has 134 valence electrons. The van der Waals surface area contributed by atoms with E-state index in [1.165, 1.54) is 19.2 Å². The third-order valence-electron chi connectivity index (χ3n) is 3.72. The number of methoxy groups -OCH3 is 1. The van der Waals surface area contributed by atoms with Crippen LogP contribution in [0.25, 0.3) is 0 Å². The number of rotatable bonds is 8. The van der Waals surface area contributed by atoms with Gasteiger partial charge in [0.1, 0.15) is 18.2 Å². The van der Waals surface area contributed by atoms with Crippen LogP contribution in [-0.4, -0.2) is 24.7 Å². The lowest BCUT2D eigenvalue weighted by Gasteiger charge is -2.15. The van der Waals surface area contributed by atoms with Crippen molar-refractivity contribution in [3.8, 4) is 11.5 Å². The fourth-order valence-corrected chi connectivity index (χ4v) is 2.20. The van der Waals surface area contributed by atoms with Crippen molar-refractivity contribution in [1.29, 1.82) is 0 Å². The van der Waals surface area contributed by atoms with Gasteiger partial charge in [-0.2, -0.15) is 0 Å². The SMILES string of the molecule is CCCCOc1c(C(=O)OC)ncc(COc2ccc(F)cc2)c1C. The Morgan fingerprint density at radius 3 is 2.56 bits per heavy atom. The molecule has 0 atom stereocenters. The fourth-order valence-electron chi connectivity index (χ4n) is 2.20. The molecule has 0 spiro atoms. The lowest BCUT2D eigenvalue weighted by atomic mass is 10.1. The van der Waals surface area contributed by atoms with Gasteiger partial charge in [-0.15, -0.1) is 0 Å². The zero-order chi connectivity index (χ0) is 18.2. The Morgan fingerprint density at radius 2 is 1.92 bits per heavy atom. The molecule has 25 heavy (non-hydrogen) atoms. The highest BCUT2D eigenvalue weighted by Gasteiger charge is 2.20. The highest BCUT2D eigenvalue weighted by Crippen LogP contribution is 2.27. The fraction of sp³-hybridized carbons (Fsp3) is 0.368. The van der Waals surface area contributed by atoms with Crippen LogP contribution in [-0.2, 0) is 11.3 Å². The van der Waals surface area contributed by atoms with Crippen molar-refractivity contribution in [2.45, 2.75) is 33.3 Å². The van der Waals surface area contributed by atoms with Crippen LogP contribution in [0, 0.1) is 12.7 Å². The lowest BCUT2D eigenvalue weighted by molar-refractivity contribution is 0.0588. The molecule has 0 aliphatic rings. The van der Waals surface area contributed by atoms with Crippen LogP contribution in [0.1, 0.15) is 41.4 Å². The summed E-state index contributed by atoms with van der Waals surface area (Å²) in [5, 5.41) is 0. The van der Waals surface area contributed by atoms with Crippen molar-refractivity contribution < 1.29 is 23.4 Å². The van der Waals surface area contributed by atoms with Crippen LogP contribution < -0.4 is 9.47 Å². The highest BCUT2D eigenvalue weighted by atomic mass is 19.1. The van der Waals surface area contributed by atoms with Gasteiger partial charge in [0.2, 0.25) is 0 Å². The number of hydrogen-bond acceptors (Lipinski definition) is 5. The number of esters is 1. The second-order valence-corrected chi connectivity index (χ2v) is 5.52. The van der Waals surface area contributed by atoms with Gasteiger partial charge in [-0.25, -0.2) is 14.2 Å². The zero-order valence-electron chi connectivity index (χ0n) is 14.7. The van der Waals surface area contributed by atoms with Gasteiger partial charge in [0.05, 0.1) is 13.7 Å². The van der Waals surface area contributed by atoms with E-state index < -0.39 is 5.97 Å². The Labute approximate surface area is 146 Å². The van der Waals surface area contributed by atoms with Gasteiger partial charge in [-0.1, -0.05) is 13.3 Å². The van der Waals surface area contributed by atoms with Crippen molar-refractivity contribution in [3.63, 3.8) is 0 Å². The Kier molecular flexibility index (Phi) is 6.74. The Balaban J connectivity index is 2.21. The molecule has 0 saturated heterocycles. The molecule has 2 aromatic rings. The van der Waals surface area contributed by atoms with E-state index >= 15 is 0 Å². The molecule has 1 aromatic carbocycles. The number of benzene rings is 1. The summed E-state index contributed by atoms with van der Waals surface area (Å²) in [4.78, 5) is 16.1. The van der Waals surface area contributed by atoms with E-state index in [0.717, 1.165) is 24.0 Å². The van der Waals surface area contributed by atoms with Crippen LogP contribution in [0.15, 0.2) is 30.5 Å². The van der Waals surface area contributed by atoms with Crippen LogP contribution in [0.4, 0.5) is 4.39 Å². The summed E-state index contributed by atoms with van der Waals surface area (Å²) in [7, 11) is 1.31. The number of ether oxygens (including phenoxy) is 3. The molecular weight excluding hydrogens is 325 g/mol. The molecule has 5 nitrogen and oxygen atoms in total. The predicted octanol–water partition coefficient (Wildman–Crippen LogP) is 4.07. The molecule has 6 heteroatoms. The third-order valence-corrected chi connectivity index (χ3v) is 3.72. The van der Waals surface area contributed by atoms with Crippen molar-refractivity contribution in [3.05, 3.63) is 53.1 Å². The number of carbonyl (C=O) groups is 1. The number of hydrogen-bond donors (Lipinski definition) is 0. The van der Waals surface area contributed by atoms with Crippen molar-refractivity contribution >= 4 is 5.97 Å². The van der Waals surface area contributed by atoms with Crippen molar-refractivity contribution in [2.75, 3.05) is 13.7 Å². The first-order valence-corrected chi connectivity index (χ1v) is 8.14. The summed E-state index contributed by atoms with van der Waals surface area (Å²) < 4.78 is 29.1. The average Bonchev–Trinajstić information content (AvgIpc) is 2.62. The number of aromatic nitrogens is 1. The van der Waals surface area contributed by atoms with Gasteiger partial charge in [-0.05, 0) is 37.6 Å². The number of unbranched alkanes of at least 4 members (excludes halogenated alkanes) is 1. The molecule has 0 aliphatic heterocycles. The largest absolute Gasteiger partial charge is 0.491 e. The molecule has 0 unspecified atom stereocenters. The Hall–Kier alpha value is -2.63. The minimum Gasteiger partial charge on any atom is -0.491 e. The van der Waals surface area contributed by atoms with Gasteiger partial charge in [-0.3, -0.25) is 0 Å². The third kappa shape index (κ3) is 4.92. The Morgan fingerprint density at radius 1 is 1.20 bits per heavy atom. The smallest absolute Gasteiger partial charge is 0.360 e. The highest BCUT2D eigenvalue weighted by molar-refractivity contribution is 5.90. The zero-order valence-corrected chi connectivity index (χ0v) is 14.7. The minimum atomic E-state index is -0.541. The maximum Gasteiger partial charge on any atom is 0.360 e. The molecule has 0 radical (unpaired) electrons. The maximum absolute atomic E-state index is 12.9. The predicted molar refractivity (Wildman–Crippen MR) is 91.4 cm³/mol. The summed E-state index contributed by atoms with van der Waals surface area (Å²) in [6.45, 7) is 4.63. The van der Waals surface area contributed by atoms with Gasteiger partial charge in [0, 0.05) is 17.3 Å². The van der Waals surface area contributed by atoms with Crippen LogP contribution in [0.3, 0.4) is 0 Å². The van der Waals surface area contributed by atoms with E-state index in [0.29, 0.717) is 18.1 Å². The van der Waals surface area contributed by atoms with Gasteiger partial charge in [0.25, 0.3) is 0 Å². The Bertz CT molecular complexity index is 716. The molecule has 0 N–H and O–H groups in total. The van der Waals surface area contributed by atoms with E-state index in [2.05, 4.69) is 11.9 Å². The minimum absolute atomic E-state index is 0.154. The van der Waals surface area contributed by atoms with Gasteiger partial charge >= 0.3 is 5.97 Å². The summed E-state index contributed by atoms with van der Waals surface area (Å²) >= 11 is 0. The molecule has 0 bridgehead atoms. The molecule has 0 saturated carbocycles. The van der Waals surface area contributed by atoms with E-state index in [9.17, 15) is 9.18 Å². The molecule has 0 fully saturated rings. The number of nitrogens with zero attached hydrogens (tertiary/aromatic N) is 1. The molecular formula is C19H22FNO4. The number of carbonyl (C=O) groups excluding carboxylic acids is 1. The summed E-state index contributed by atoms with van der Waals surface area (Å²) in [6.07, 6.45) is 3.42. The lowest BCUT2D eigenvalue weighted by Crippen LogP contribution is -2.12. The van der Waals surface area contributed by atoms with Crippen molar-refractivity contribution in [1.82, 2.24) is 4.98 Å². The van der Waals surface area contributed by atoms with Crippen LogP contribution in [0.2, 0.25) is 0 Å². The number of halogens is 1. The van der Waals surface area contributed by atoms with E-state index in [1.54, 1.807) is 18.3 Å². The first-order chi connectivity index (χ1) is 12.1. The second kappa shape index (κ2) is 9.01.